The molecule has 2 N–H and O–H groups in total. The monoisotopic (exact) mass is 417 g/mol. The summed E-state index contributed by atoms with van der Waals surface area (Å²) in [4.78, 5) is 24.9. The Balaban J connectivity index is 1.98. The molecule has 0 radical (unpaired) electrons. The highest BCUT2D eigenvalue weighted by molar-refractivity contribution is 5.88. The van der Waals surface area contributed by atoms with Crippen LogP contribution in [-0.2, 0) is 24.6 Å². The summed E-state index contributed by atoms with van der Waals surface area (Å²) in [5.41, 5.74) is 3.69. The van der Waals surface area contributed by atoms with Crippen molar-refractivity contribution in [1.82, 2.24) is 5.32 Å². The maximum atomic E-state index is 12.7. The number of methoxy groups -OCH3 is 2. The van der Waals surface area contributed by atoms with Crippen LogP contribution in [0.2, 0.25) is 0 Å². The molecular weight excluding hydrogens is 394 g/mol. The number of rotatable bonds is 6. The van der Waals surface area contributed by atoms with E-state index in [1.54, 1.807) is 0 Å². The lowest BCUT2D eigenvalue weighted by Crippen LogP contribution is -2.58. The van der Waals surface area contributed by atoms with Crippen LogP contribution in [0, 0.1) is 0 Å². The van der Waals surface area contributed by atoms with Crippen molar-refractivity contribution in [1.29, 1.82) is 0 Å². The maximum absolute atomic E-state index is 12.7. The molecule has 0 unspecified atom stereocenters. The van der Waals surface area contributed by atoms with E-state index in [9.17, 15) is 14.7 Å². The number of carbonyl (C=O) groups excluding carboxylic acids is 2. The molecule has 6 heteroatoms. The fourth-order valence-electron chi connectivity index (χ4n) is 4.36. The van der Waals surface area contributed by atoms with E-state index in [2.05, 4.69) is 5.32 Å². The van der Waals surface area contributed by atoms with Crippen molar-refractivity contribution < 1.29 is 24.2 Å². The van der Waals surface area contributed by atoms with Gasteiger partial charge in [0.2, 0.25) is 0 Å². The van der Waals surface area contributed by atoms with Crippen molar-refractivity contribution in [3.63, 3.8) is 0 Å². The average Bonchev–Trinajstić information content (AvgIpc) is 3.12. The zero-order valence-electron chi connectivity index (χ0n) is 17.2. The van der Waals surface area contributed by atoms with Crippen LogP contribution >= 0.6 is 0 Å². The van der Waals surface area contributed by atoms with E-state index in [4.69, 9.17) is 9.47 Å². The van der Waals surface area contributed by atoms with Gasteiger partial charge in [-0.2, -0.15) is 0 Å². The molecule has 0 aliphatic heterocycles. The molecule has 0 heterocycles. The summed E-state index contributed by atoms with van der Waals surface area (Å²) in [6.07, 6.45) is -1.75. The molecule has 0 amide bonds. The molecule has 1 aliphatic carbocycles. The van der Waals surface area contributed by atoms with Gasteiger partial charge in [0.15, 0.2) is 6.10 Å². The summed E-state index contributed by atoms with van der Waals surface area (Å²) in [5, 5.41) is 14.0. The van der Waals surface area contributed by atoms with E-state index >= 15 is 0 Å². The molecule has 158 valence electrons. The average molecular weight is 417 g/mol. The second-order valence-corrected chi connectivity index (χ2v) is 7.32. The Hall–Kier alpha value is -3.48. The van der Waals surface area contributed by atoms with Crippen LogP contribution in [0.4, 0.5) is 0 Å². The number of carbonyl (C=O) groups is 2. The Kier molecular flexibility index (Phi) is 5.59. The van der Waals surface area contributed by atoms with E-state index < -0.39 is 29.6 Å². The number of esters is 2. The molecule has 4 rings (SSSR count). The molecule has 0 fully saturated rings. The number of aliphatic hydroxyl groups is 1. The van der Waals surface area contributed by atoms with Crippen molar-refractivity contribution >= 4 is 11.9 Å². The van der Waals surface area contributed by atoms with Crippen molar-refractivity contribution in [3.8, 4) is 11.1 Å². The summed E-state index contributed by atoms with van der Waals surface area (Å²) in [5.74, 6) is -1.69. The standard InChI is InChI=1S/C25H23NO5/c1-30-23(28)21(22(27)24(29)31-2)26-25(16-10-4-3-5-11-16)19-14-8-6-12-17(19)18-13-7-9-15-20(18)25/h3-15,21-22,26-27H,1-2H3/t21-,22-/m0/s1. The van der Waals surface area contributed by atoms with Gasteiger partial charge in [0.25, 0.3) is 0 Å². The Morgan fingerprint density at radius 1 is 0.774 bits per heavy atom. The van der Waals surface area contributed by atoms with E-state index in [0.29, 0.717) is 0 Å². The molecule has 1 aliphatic rings. The van der Waals surface area contributed by atoms with Gasteiger partial charge in [-0.25, -0.2) is 4.79 Å². The fraction of sp³-hybridized carbons (Fsp3) is 0.200. The highest BCUT2D eigenvalue weighted by Gasteiger charge is 2.49. The summed E-state index contributed by atoms with van der Waals surface area (Å²) in [6.45, 7) is 0. The minimum atomic E-state index is -1.75. The number of hydrogen-bond donors (Lipinski definition) is 2. The minimum Gasteiger partial charge on any atom is -0.468 e. The van der Waals surface area contributed by atoms with Gasteiger partial charge in [0.05, 0.1) is 19.8 Å². The highest BCUT2D eigenvalue weighted by Crippen LogP contribution is 2.51. The largest absolute Gasteiger partial charge is 0.468 e. The van der Waals surface area contributed by atoms with Gasteiger partial charge in [-0.3, -0.25) is 10.1 Å². The Bertz CT molecular complexity index is 1070. The summed E-state index contributed by atoms with van der Waals surface area (Å²) >= 11 is 0. The lowest BCUT2D eigenvalue weighted by Gasteiger charge is -2.37. The van der Waals surface area contributed by atoms with Crippen molar-refractivity contribution in [2.75, 3.05) is 14.2 Å². The Morgan fingerprint density at radius 2 is 1.26 bits per heavy atom. The van der Waals surface area contributed by atoms with E-state index in [-0.39, 0.29) is 0 Å². The summed E-state index contributed by atoms with van der Waals surface area (Å²) < 4.78 is 9.62. The third-order valence-corrected chi connectivity index (χ3v) is 5.74. The lowest BCUT2D eigenvalue weighted by atomic mass is 9.79. The second kappa shape index (κ2) is 8.34. The van der Waals surface area contributed by atoms with Crippen LogP contribution in [-0.4, -0.2) is 43.4 Å². The predicted molar refractivity (Wildman–Crippen MR) is 115 cm³/mol. The second-order valence-electron chi connectivity index (χ2n) is 7.32. The molecule has 0 aromatic heterocycles. The first-order valence-corrected chi connectivity index (χ1v) is 9.91. The van der Waals surface area contributed by atoms with Gasteiger partial charge in [0.1, 0.15) is 6.04 Å². The van der Waals surface area contributed by atoms with Gasteiger partial charge in [-0.1, -0.05) is 78.9 Å². The zero-order valence-corrected chi connectivity index (χ0v) is 17.2. The first kappa shape index (κ1) is 20.8. The van der Waals surface area contributed by atoms with Crippen LogP contribution < -0.4 is 5.32 Å². The third-order valence-electron chi connectivity index (χ3n) is 5.74. The molecule has 0 spiro atoms. The van der Waals surface area contributed by atoms with Crippen LogP contribution in [0.5, 0.6) is 0 Å². The smallest absolute Gasteiger partial charge is 0.336 e. The highest BCUT2D eigenvalue weighted by atomic mass is 16.5. The third kappa shape index (κ3) is 3.30. The SMILES string of the molecule is COC(=O)[C@@H](O)[C@H](NC1(c2ccccc2)c2ccccc2-c2ccccc21)C(=O)OC. The van der Waals surface area contributed by atoms with Gasteiger partial charge in [-0.15, -0.1) is 0 Å². The Morgan fingerprint density at radius 3 is 1.77 bits per heavy atom. The topological polar surface area (TPSA) is 84.9 Å². The molecular formula is C25H23NO5. The zero-order chi connectivity index (χ0) is 22.0. The van der Waals surface area contributed by atoms with Crippen LogP contribution in [0.1, 0.15) is 16.7 Å². The van der Waals surface area contributed by atoms with E-state index in [1.807, 2.05) is 78.9 Å². The molecule has 0 saturated heterocycles. The number of aliphatic hydroxyl groups excluding tert-OH is 1. The van der Waals surface area contributed by atoms with Gasteiger partial charge in [0, 0.05) is 0 Å². The van der Waals surface area contributed by atoms with Crippen molar-refractivity contribution in [3.05, 3.63) is 95.6 Å². The van der Waals surface area contributed by atoms with Crippen LogP contribution in [0.25, 0.3) is 11.1 Å². The molecule has 3 aromatic carbocycles. The Labute approximate surface area is 180 Å². The van der Waals surface area contributed by atoms with Gasteiger partial charge >= 0.3 is 11.9 Å². The van der Waals surface area contributed by atoms with Crippen molar-refractivity contribution in [2.45, 2.75) is 17.7 Å². The number of hydrogen-bond acceptors (Lipinski definition) is 6. The first-order valence-electron chi connectivity index (χ1n) is 9.91. The number of fused-ring (bicyclic) bond motifs is 3. The fourth-order valence-corrected chi connectivity index (χ4v) is 4.36. The summed E-state index contributed by atoms with van der Waals surface area (Å²) in [6, 6.07) is 24.0. The molecule has 0 bridgehead atoms. The molecule has 3 aromatic rings. The van der Waals surface area contributed by atoms with E-state index in [1.165, 1.54) is 7.11 Å². The molecule has 6 nitrogen and oxygen atoms in total. The van der Waals surface area contributed by atoms with Crippen LogP contribution in [0.3, 0.4) is 0 Å². The normalized spacial score (nSPS) is 15.3. The number of nitrogens with one attached hydrogen (secondary N) is 1. The molecule has 2 atom stereocenters. The predicted octanol–water partition coefficient (Wildman–Crippen LogP) is 2.62. The van der Waals surface area contributed by atoms with E-state index in [0.717, 1.165) is 34.9 Å². The van der Waals surface area contributed by atoms with Crippen molar-refractivity contribution in [2.24, 2.45) is 0 Å². The minimum absolute atomic E-state index is 0.768. The number of ether oxygens (including phenoxy) is 2. The van der Waals surface area contributed by atoms with Gasteiger partial charge in [-0.05, 0) is 27.8 Å². The lowest BCUT2D eigenvalue weighted by molar-refractivity contribution is -0.160. The number of benzene rings is 3. The quantitative estimate of drug-likeness (QED) is 0.600. The molecule has 31 heavy (non-hydrogen) atoms. The van der Waals surface area contributed by atoms with Crippen LogP contribution in [0.15, 0.2) is 78.9 Å². The summed E-state index contributed by atoms with van der Waals surface area (Å²) in [7, 11) is 2.37. The maximum Gasteiger partial charge on any atom is 0.336 e. The van der Waals surface area contributed by atoms with Gasteiger partial charge < -0.3 is 14.6 Å². The first-order chi connectivity index (χ1) is 15.0. The molecule has 0 saturated carbocycles.